The Morgan fingerprint density at radius 3 is 2.76 bits per heavy atom. The fraction of sp³-hybridized carbons (Fsp3) is 0.200. The van der Waals surface area contributed by atoms with Crippen molar-refractivity contribution in [3.63, 3.8) is 0 Å². The van der Waals surface area contributed by atoms with E-state index in [-0.39, 0.29) is 11.4 Å². The van der Waals surface area contributed by atoms with E-state index in [1.165, 1.54) is 10.6 Å². The molecule has 0 saturated carbocycles. The summed E-state index contributed by atoms with van der Waals surface area (Å²) in [6, 6.07) is 10.4. The lowest BCUT2D eigenvalue weighted by Crippen LogP contribution is -2.14. The van der Waals surface area contributed by atoms with Crippen molar-refractivity contribution >= 4 is 17.4 Å². The molecule has 3 heterocycles. The quantitative estimate of drug-likeness (QED) is 0.553. The number of amides is 1. The minimum Gasteiger partial charge on any atom is -0.319 e. The second-order valence-corrected chi connectivity index (χ2v) is 6.66. The molecule has 0 aliphatic heterocycles. The van der Waals surface area contributed by atoms with Crippen LogP contribution in [0.3, 0.4) is 0 Å². The van der Waals surface area contributed by atoms with Crippen molar-refractivity contribution in [1.29, 1.82) is 0 Å². The van der Waals surface area contributed by atoms with E-state index in [0.29, 0.717) is 35.0 Å². The maximum absolute atomic E-state index is 12.6. The molecule has 4 rings (SSSR count). The monoisotopic (exact) mass is 389 g/mol. The average molecular weight is 389 g/mol. The van der Waals surface area contributed by atoms with Gasteiger partial charge in [0, 0.05) is 34.4 Å². The number of aromatic amines is 1. The molecule has 0 spiro atoms. The van der Waals surface area contributed by atoms with E-state index >= 15 is 0 Å². The van der Waals surface area contributed by atoms with Crippen LogP contribution in [0.2, 0.25) is 0 Å². The number of nitrogens with zero attached hydrogens (tertiary/aromatic N) is 5. The first-order valence-corrected chi connectivity index (χ1v) is 9.16. The van der Waals surface area contributed by atoms with E-state index in [4.69, 9.17) is 0 Å². The molecule has 0 aliphatic rings. The Bertz CT molecular complexity index is 1290. The highest BCUT2D eigenvalue weighted by Crippen LogP contribution is 2.19. The third-order valence-electron chi connectivity index (χ3n) is 4.37. The van der Waals surface area contributed by atoms with Gasteiger partial charge in [0.15, 0.2) is 0 Å². The largest absolute Gasteiger partial charge is 0.319 e. The standard InChI is InChI=1S/C20H19N7O2/c1-4-14-10-16(28)24-17(22-14)13-6-5-7-15(9-13)23-19(29)18-25-20-21-11(2)8-12(3)27(20)26-18/h5-10H,4H2,1-3H3,(H,23,29)(H,22,24,28). The molecule has 1 aromatic carbocycles. The van der Waals surface area contributed by atoms with Crippen LogP contribution in [0, 0.1) is 13.8 Å². The van der Waals surface area contributed by atoms with Gasteiger partial charge in [0.25, 0.3) is 17.2 Å². The fourth-order valence-corrected chi connectivity index (χ4v) is 3.02. The fourth-order valence-electron chi connectivity index (χ4n) is 3.02. The van der Waals surface area contributed by atoms with Gasteiger partial charge < -0.3 is 10.3 Å². The highest BCUT2D eigenvalue weighted by atomic mass is 16.2. The molecule has 2 N–H and O–H groups in total. The van der Waals surface area contributed by atoms with Crippen LogP contribution >= 0.6 is 0 Å². The Morgan fingerprint density at radius 2 is 1.97 bits per heavy atom. The second-order valence-electron chi connectivity index (χ2n) is 6.66. The molecule has 29 heavy (non-hydrogen) atoms. The van der Waals surface area contributed by atoms with Crippen LogP contribution in [0.4, 0.5) is 5.69 Å². The summed E-state index contributed by atoms with van der Waals surface area (Å²) in [7, 11) is 0. The normalized spacial score (nSPS) is 11.0. The Labute approximate surface area is 165 Å². The van der Waals surface area contributed by atoms with Crippen LogP contribution in [0.25, 0.3) is 17.2 Å². The highest BCUT2D eigenvalue weighted by Gasteiger charge is 2.15. The molecular weight excluding hydrogens is 370 g/mol. The predicted molar refractivity (Wildman–Crippen MR) is 108 cm³/mol. The summed E-state index contributed by atoms with van der Waals surface area (Å²) in [4.78, 5) is 40.1. The van der Waals surface area contributed by atoms with Gasteiger partial charge in [-0.2, -0.15) is 4.98 Å². The van der Waals surface area contributed by atoms with Gasteiger partial charge in [-0.15, -0.1) is 5.10 Å². The van der Waals surface area contributed by atoms with Crippen molar-refractivity contribution in [2.45, 2.75) is 27.2 Å². The molecule has 9 heteroatoms. The highest BCUT2D eigenvalue weighted by molar-refractivity contribution is 6.02. The number of benzene rings is 1. The Hall–Kier alpha value is -3.88. The van der Waals surface area contributed by atoms with Crippen molar-refractivity contribution in [2.75, 3.05) is 5.32 Å². The SMILES string of the molecule is CCc1cc(=O)[nH]c(-c2cccc(NC(=O)c3nc4nc(C)cc(C)n4n3)c2)n1. The maximum Gasteiger partial charge on any atom is 0.295 e. The van der Waals surface area contributed by atoms with Crippen molar-refractivity contribution in [1.82, 2.24) is 29.5 Å². The van der Waals surface area contributed by atoms with Crippen molar-refractivity contribution in [3.05, 3.63) is 69.7 Å². The third-order valence-corrected chi connectivity index (χ3v) is 4.37. The van der Waals surface area contributed by atoms with Crippen LogP contribution in [-0.4, -0.2) is 35.5 Å². The lowest BCUT2D eigenvalue weighted by Gasteiger charge is -2.06. The number of H-pyrrole nitrogens is 1. The van der Waals surface area contributed by atoms with Crippen molar-refractivity contribution < 1.29 is 4.79 Å². The topological polar surface area (TPSA) is 118 Å². The number of nitrogens with one attached hydrogen (secondary N) is 2. The van der Waals surface area contributed by atoms with Gasteiger partial charge in [-0.05, 0) is 38.5 Å². The van der Waals surface area contributed by atoms with Gasteiger partial charge in [-0.25, -0.2) is 14.5 Å². The maximum atomic E-state index is 12.6. The molecule has 0 bridgehead atoms. The van der Waals surface area contributed by atoms with Gasteiger partial charge in [0.1, 0.15) is 5.82 Å². The van der Waals surface area contributed by atoms with Crippen LogP contribution < -0.4 is 10.9 Å². The minimum atomic E-state index is -0.450. The number of aromatic nitrogens is 6. The summed E-state index contributed by atoms with van der Waals surface area (Å²) in [6.07, 6.45) is 0.653. The summed E-state index contributed by atoms with van der Waals surface area (Å²) in [6.45, 7) is 5.67. The Balaban J connectivity index is 1.63. The molecule has 0 fully saturated rings. The molecule has 0 atom stereocenters. The van der Waals surface area contributed by atoms with Gasteiger partial charge in [-0.1, -0.05) is 19.1 Å². The van der Waals surface area contributed by atoms with Gasteiger partial charge >= 0.3 is 0 Å². The Kier molecular flexibility index (Phi) is 4.63. The lowest BCUT2D eigenvalue weighted by atomic mass is 10.1. The van der Waals surface area contributed by atoms with Gasteiger partial charge in [0.05, 0.1) is 0 Å². The zero-order valence-corrected chi connectivity index (χ0v) is 16.2. The van der Waals surface area contributed by atoms with E-state index < -0.39 is 5.91 Å². The summed E-state index contributed by atoms with van der Waals surface area (Å²) in [5, 5.41) is 7.02. The molecular formula is C20H19N7O2. The zero-order valence-electron chi connectivity index (χ0n) is 16.2. The Morgan fingerprint density at radius 1 is 1.14 bits per heavy atom. The zero-order chi connectivity index (χ0) is 20.5. The second kappa shape index (κ2) is 7.27. The molecule has 0 unspecified atom stereocenters. The number of carbonyl (C=O) groups excluding carboxylic acids is 1. The van der Waals surface area contributed by atoms with Crippen LogP contribution in [-0.2, 0) is 6.42 Å². The predicted octanol–water partition coefficient (Wildman–Crippen LogP) is 2.31. The van der Waals surface area contributed by atoms with E-state index in [0.717, 1.165) is 11.4 Å². The van der Waals surface area contributed by atoms with Crippen molar-refractivity contribution in [3.8, 4) is 11.4 Å². The average Bonchev–Trinajstić information content (AvgIpc) is 3.12. The number of carbonyl (C=O) groups is 1. The summed E-state index contributed by atoms with van der Waals surface area (Å²) < 4.78 is 1.53. The smallest absolute Gasteiger partial charge is 0.295 e. The van der Waals surface area contributed by atoms with Crippen molar-refractivity contribution in [2.24, 2.45) is 0 Å². The molecule has 0 aliphatic carbocycles. The van der Waals surface area contributed by atoms with Gasteiger partial charge in [-0.3, -0.25) is 9.59 Å². The molecule has 1 amide bonds. The van der Waals surface area contributed by atoms with Crippen LogP contribution in [0.15, 0.2) is 41.2 Å². The van der Waals surface area contributed by atoms with E-state index in [9.17, 15) is 9.59 Å². The van der Waals surface area contributed by atoms with E-state index in [2.05, 4.69) is 30.4 Å². The minimum absolute atomic E-state index is 0.0242. The summed E-state index contributed by atoms with van der Waals surface area (Å²) >= 11 is 0. The molecule has 0 saturated heterocycles. The molecule has 0 radical (unpaired) electrons. The number of fused-ring (bicyclic) bond motifs is 1. The third kappa shape index (κ3) is 3.75. The van der Waals surface area contributed by atoms with Gasteiger partial charge in [0.2, 0.25) is 5.82 Å². The number of anilines is 1. The van der Waals surface area contributed by atoms with E-state index in [1.54, 1.807) is 18.2 Å². The molecule has 9 nitrogen and oxygen atoms in total. The first-order valence-electron chi connectivity index (χ1n) is 9.16. The lowest BCUT2D eigenvalue weighted by molar-refractivity contribution is 0.101. The number of hydrogen-bond acceptors (Lipinski definition) is 6. The summed E-state index contributed by atoms with van der Waals surface area (Å²) in [5.41, 5.74) is 3.35. The molecule has 4 aromatic rings. The number of aryl methyl sites for hydroxylation is 3. The first kappa shape index (κ1) is 18.5. The van der Waals surface area contributed by atoms with Crippen LogP contribution in [0.5, 0.6) is 0 Å². The molecule has 3 aromatic heterocycles. The first-order chi connectivity index (χ1) is 13.9. The van der Waals surface area contributed by atoms with E-state index in [1.807, 2.05) is 32.9 Å². The number of rotatable bonds is 4. The summed E-state index contributed by atoms with van der Waals surface area (Å²) in [5.74, 6) is 0.399. The molecule has 146 valence electrons. The number of hydrogen-bond donors (Lipinski definition) is 2. The van der Waals surface area contributed by atoms with Crippen LogP contribution in [0.1, 0.15) is 34.6 Å².